The van der Waals surface area contributed by atoms with Gasteiger partial charge in [0.25, 0.3) is 10.0 Å². The fraction of sp³-hybridized carbons (Fsp3) is 0.0526. The quantitative estimate of drug-likeness (QED) is 0.525. The van der Waals surface area contributed by atoms with Crippen LogP contribution in [0, 0.1) is 5.82 Å². The molecule has 0 saturated carbocycles. The van der Waals surface area contributed by atoms with Crippen LogP contribution in [0.1, 0.15) is 0 Å². The molecule has 0 radical (unpaired) electrons. The van der Waals surface area contributed by atoms with Gasteiger partial charge in [0.05, 0.1) is 12.0 Å². The van der Waals surface area contributed by atoms with Crippen molar-refractivity contribution in [1.82, 2.24) is 9.97 Å². The van der Waals surface area contributed by atoms with Gasteiger partial charge in [-0.2, -0.15) is 0 Å². The van der Waals surface area contributed by atoms with Crippen LogP contribution in [-0.2, 0) is 10.0 Å². The summed E-state index contributed by atoms with van der Waals surface area (Å²) < 4.78 is 46.0. The van der Waals surface area contributed by atoms with E-state index in [1.165, 1.54) is 30.6 Å². The molecule has 0 amide bonds. The maximum absolute atomic E-state index is 13.8. The molecule has 0 spiro atoms. The number of thiazole rings is 1. The van der Waals surface area contributed by atoms with E-state index in [2.05, 4.69) is 14.7 Å². The normalized spacial score (nSPS) is 11.5. The van der Waals surface area contributed by atoms with Crippen LogP contribution in [0.25, 0.3) is 20.9 Å². The average molecular weight is 415 g/mol. The highest BCUT2D eigenvalue weighted by Gasteiger charge is 2.17. The van der Waals surface area contributed by atoms with E-state index in [1.54, 1.807) is 30.5 Å². The van der Waals surface area contributed by atoms with E-state index in [-0.39, 0.29) is 10.6 Å². The van der Waals surface area contributed by atoms with Gasteiger partial charge in [-0.25, -0.2) is 22.8 Å². The fourth-order valence-corrected chi connectivity index (χ4v) is 4.59. The molecule has 2 aromatic carbocycles. The smallest absolute Gasteiger partial charge is 0.262 e. The number of hydrogen-bond acceptors (Lipinski definition) is 6. The Morgan fingerprint density at radius 3 is 2.57 bits per heavy atom. The fourth-order valence-electron chi connectivity index (χ4n) is 2.60. The Bertz CT molecular complexity index is 1220. The van der Waals surface area contributed by atoms with Crippen LogP contribution in [0.15, 0.2) is 65.7 Å². The summed E-state index contributed by atoms with van der Waals surface area (Å²) >= 11 is 1.46. The zero-order valence-corrected chi connectivity index (χ0v) is 16.2. The Balaban J connectivity index is 1.57. The molecule has 2 heterocycles. The van der Waals surface area contributed by atoms with Crippen molar-refractivity contribution in [3.63, 3.8) is 0 Å². The van der Waals surface area contributed by atoms with Gasteiger partial charge >= 0.3 is 0 Å². The van der Waals surface area contributed by atoms with Crippen LogP contribution in [0.5, 0.6) is 5.75 Å². The number of sulfonamides is 1. The number of rotatable bonds is 5. The minimum absolute atomic E-state index is 0.0198. The van der Waals surface area contributed by atoms with Crippen LogP contribution in [0.2, 0.25) is 0 Å². The summed E-state index contributed by atoms with van der Waals surface area (Å²) in [4.78, 5) is 9.44. The number of ether oxygens (including phenoxy) is 1. The monoisotopic (exact) mass is 415 g/mol. The number of hydrogen-bond donors (Lipinski definition) is 1. The van der Waals surface area contributed by atoms with Crippen molar-refractivity contribution in [2.45, 2.75) is 4.90 Å². The number of pyridine rings is 1. The summed E-state index contributed by atoms with van der Waals surface area (Å²) in [5.41, 5.74) is 2.02. The molecular formula is C19H14FN3O3S2. The summed E-state index contributed by atoms with van der Waals surface area (Å²) in [6.45, 7) is 0. The molecule has 0 aliphatic heterocycles. The van der Waals surface area contributed by atoms with Gasteiger partial charge in [-0.15, -0.1) is 0 Å². The van der Waals surface area contributed by atoms with E-state index in [1.807, 2.05) is 12.1 Å². The van der Waals surface area contributed by atoms with E-state index in [9.17, 15) is 12.8 Å². The van der Waals surface area contributed by atoms with Gasteiger partial charge < -0.3 is 4.74 Å². The Kier molecular flexibility index (Phi) is 4.70. The number of fused-ring (bicyclic) bond motifs is 1. The molecule has 0 atom stereocenters. The Hall–Kier alpha value is -3.04. The van der Waals surface area contributed by atoms with Crippen LogP contribution in [0.4, 0.5) is 10.1 Å². The lowest BCUT2D eigenvalue weighted by Gasteiger charge is -2.10. The third kappa shape index (κ3) is 3.54. The summed E-state index contributed by atoms with van der Waals surface area (Å²) in [6, 6.07) is 14.0. The van der Waals surface area contributed by atoms with Gasteiger partial charge in [0.15, 0.2) is 11.6 Å². The topological polar surface area (TPSA) is 81.2 Å². The zero-order chi connectivity index (χ0) is 19.7. The van der Waals surface area contributed by atoms with Crippen molar-refractivity contribution < 1.29 is 17.5 Å². The lowest BCUT2D eigenvalue weighted by atomic mass is 10.2. The Labute approximate surface area is 164 Å². The minimum Gasteiger partial charge on any atom is -0.494 e. The first-order chi connectivity index (χ1) is 13.5. The van der Waals surface area contributed by atoms with Crippen molar-refractivity contribution in [3.05, 3.63) is 66.6 Å². The lowest BCUT2D eigenvalue weighted by Crippen LogP contribution is -2.13. The molecule has 142 valence electrons. The minimum atomic E-state index is -3.93. The van der Waals surface area contributed by atoms with Gasteiger partial charge in [0.2, 0.25) is 0 Å². The van der Waals surface area contributed by atoms with Crippen LogP contribution in [0.3, 0.4) is 0 Å². The van der Waals surface area contributed by atoms with E-state index in [0.717, 1.165) is 27.0 Å². The maximum Gasteiger partial charge on any atom is 0.262 e. The molecule has 4 aromatic rings. The summed E-state index contributed by atoms with van der Waals surface area (Å²) in [7, 11) is -2.61. The number of nitrogens with zero attached hydrogens (tertiary/aromatic N) is 2. The maximum atomic E-state index is 13.8. The SMILES string of the molecule is COc1ccc(S(=O)(=O)Nc2ccc(-c3nc4cccnc4s3)cc2)cc1F. The first-order valence-electron chi connectivity index (χ1n) is 8.14. The molecule has 1 N–H and O–H groups in total. The Morgan fingerprint density at radius 2 is 1.89 bits per heavy atom. The van der Waals surface area contributed by atoms with Crippen molar-refractivity contribution in [2.24, 2.45) is 0 Å². The number of methoxy groups -OCH3 is 1. The second kappa shape index (κ2) is 7.17. The van der Waals surface area contributed by atoms with Crippen LogP contribution < -0.4 is 9.46 Å². The van der Waals surface area contributed by atoms with Crippen molar-refractivity contribution in [1.29, 1.82) is 0 Å². The highest BCUT2D eigenvalue weighted by atomic mass is 32.2. The number of benzene rings is 2. The molecule has 0 fully saturated rings. The van der Waals surface area contributed by atoms with Gasteiger partial charge in [0, 0.05) is 17.4 Å². The van der Waals surface area contributed by atoms with Crippen molar-refractivity contribution in [3.8, 4) is 16.3 Å². The predicted molar refractivity (Wildman–Crippen MR) is 107 cm³/mol. The molecule has 0 saturated heterocycles. The van der Waals surface area contributed by atoms with E-state index in [4.69, 9.17) is 4.74 Å². The van der Waals surface area contributed by atoms with E-state index < -0.39 is 15.8 Å². The lowest BCUT2D eigenvalue weighted by molar-refractivity contribution is 0.385. The molecule has 2 aromatic heterocycles. The van der Waals surface area contributed by atoms with Crippen LogP contribution in [-0.4, -0.2) is 25.5 Å². The highest BCUT2D eigenvalue weighted by Crippen LogP contribution is 2.30. The highest BCUT2D eigenvalue weighted by molar-refractivity contribution is 7.92. The molecule has 9 heteroatoms. The van der Waals surface area contributed by atoms with Gasteiger partial charge in [-0.3, -0.25) is 4.72 Å². The molecule has 0 bridgehead atoms. The Morgan fingerprint density at radius 1 is 1.11 bits per heavy atom. The van der Waals surface area contributed by atoms with Crippen molar-refractivity contribution >= 4 is 37.4 Å². The molecule has 0 aliphatic rings. The standard InChI is InChI=1S/C19H14FN3O3S2/c1-26-17-9-8-14(11-15(17)20)28(24,25)23-13-6-4-12(5-7-13)18-22-16-3-2-10-21-19(16)27-18/h2-11,23H,1H3. The molecular weight excluding hydrogens is 401 g/mol. The first-order valence-corrected chi connectivity index (χ1v) is 10.4. The van der Waals surface area contributed by atoms with Crippen molar-refractivity contribution in [2.75, 3.05) is 11.8 Å². The number of anilines is 1. The molecule has 28 heavy (non-hydrogen) atoms. The summed E-state index contributed by atoms with van der Waals surface area (Å²) in [5, 5.41) is 0.792. The second-order valence-electron chi connectivity index (χ2n) is 5.83. The van der Waals surface area contributed by atoms with Gasteiger partial charge in [-0.05, 0) is 54.6 Å². The summed E-state index contributed by atoms with van der Waals surface area (Å²) in [5.74, 6) is -0.765. The number of nitrogens with one attached hydrogen (secondary N) is 1. The third-order valence-electron chi connectivity index (χ3n) is 3.98. The third-order valence-corrected chi connectivity index (χ3v) is 6.39. The van der Waals surface area contributed by atoms with E-state index in [0.29, 0.717) is 5.69 Å². The number of aromatic nitrogens is 2. The second-order valence-corrected chi connectivity index (χ2v) is 8.49. The average Bonchev–Trinajstić information content (AvgIpc) is 3.12. The molecule has 0 unspecified atom stereocenters. The van der Waals surface area contributed by atoms with E-state index >= 15 is 0 Å². The molecule has 0 aliphatic carbocycles. The van der Waals surface area contributed by atoms with Gasteiger partial charge in [-0.1, -0.05) is 11.3 Å². The predicted octanol–water partition coefficient (Wildman–Crippen LogP) is 4.31. The van der Waals surface area contributed by atoms with Gasteiger partial charge in [0.1, 0.15) is 15.4 Å². The molecule has 4 rings (SSSR count). The number of halogens is 1. The molecule has 6 nitrogen and oxygen atoms in total. The van der Waals surface area contributed by atoms with Crippen LogP contribution >= 0.6 is 11.3 Å². The first kappa shape index (κ1) is 18.3. The summed E-state index contributed by atoms with van der Waals surface area (Å²) in [6.07, 6.45) is 1.71. The zero-order valence-electron chi connectivity index (χ0n) is 14.6. The largest absolute Gasteiger partial charge is 0.494 e.